The molecule has 1 N–H and O–H groups in total. The van der Waals surface area contributed by atoms with Crippen molar-refractivity contribution < 1.29 is 18.7 Å². The number of carbonyl (C=O) groups is 1. The zero-order valence-corrected chi connectivity index (χ0v) is 16.4. The maximum atomic E-state index is 14.3. The largest absolute Gasteiger partial charge is 0.496 e. The molecule has 0 bridgehead atoms. The summed E-state index contributed by atoms with van der Waals surface area (Å²) in [5, 5.41) is 3.52. The minimum atomic E-state index is -0.461. The van der Waals surface area contributed by atoms with E-state index in [4.69, 9.17) is 21.1 Å². The maximum absolute atomic E-state index is 14.3. The smallest absolute Gasteiger partial charge is 0.267 e. The van der Waals surface area contributed by atoms with Gasteiger partial charge in [0.25, 0.3) is 5.91 Å². The van der Waals surface area contributed by atoms with Crippen LogP contribution in [0.3, 0.4) is 0 Å². The van der Waals surface area contributed by atoms with Gasteiger partial charge in [-0.3, -0.25) is 4.79 Å². The molecule has 2 aromatic carbocycles. The van der Waals surface area contributed by atoms with Gasteiger partial charge in [-0.25, -0.2) is 9.37 Å². The van der Waals surface area contributed by atoms with Crippen LogP contribution in [0.4, 0.5) is 10.1 Å². The van der Waals surface area contributed by atoms with Crippen molar-refractivity contribution >= 4 is 34.5 Å². The number of benzene rings is 2. The fourth-order valence-electron chi connectivity index (χ4n) is 2.53. The predicted octanol–water partition coefficient (Wildman–Crippen LogP) is 5.18. The van der Waals surface area contributed by atoms with Crippen molar-refractivity contribution in [2.45, 2.75) is 6.92 Å². The molecule has 27 heavy (non-hydrogen) atoms. The first-order valence-electron chi connectivity index (χ1n) is 7.89. The Balaban J connectivity index is 1.91. The number of hydrogen-bond donors (Lipinski definition) is 1. The lowest BCUT2D eigenvalue weighted by Crippen LogP contribution is -2.11. The van der Waals surface area contributed by atoms with Crippen molar-refractivity contribution in [3.63, 3.8) is 0 Å². The molecule has 0 aliphatic heterocycles. The summed E-state index contributed by atoms with van der Waals surface area (Å²) in [6, 6.07) is 9.46. The third-order valence-electron chi connectivity index (χ3n) is 3.82. The Labute approximate surface area is 164 Å². The van der Waals surface area contributed by atoms with Gasteiger partial charge in [-0.05, 0) is 37.3 Å². The SMILES string of the molecule is COc1ccc(NC(=O)c2sc(-c3c(F)cccc3OC)nc2C)cc1Cl. The summed E-state index contributed by atoms with van der Waals surface area (Å²) in [5.74, 6) is 0.0556. The van der Waals surface area contributed by atoms with Gasteiger partial charge in [-0.15, -0.1) is 11.3 Å². The molecule has 0 unspecified atom stereocenters. The van der Waals surface area contributed by atoms with E-state index in [1.54, 1.807) is 37.3 Å². The number of nitrogens with zero attached hydrogens (tertiary/aromatic N) is 1. The van der Waals surface area contributed by atoms with Crippen LogP contribution in [0, 0.1) is 12.7 Å². The molecule has 0 fully saturated rings. The van der Waals surface area contributed by atoms with E-state index in [1.807, 2.05) is 0 Å². The van der Waals surface area contributed by atoms with E-state index >= 15 is 0 Å². The first-order chi connectivity index (χ1) is 12.9. The van der Waals surface area contributed by atoms with Gasteiger partial charge in [0, 0.05) is 5.69 Å². The number of anilines is 1. The van der Waals surface area contributed by atoms with Crippen LogP contribution >= 0.6 is 22.9 Å². The Morgan fingerprint density at radius 1 is 1.19 bits per heavy atom. The van der Waals surface area contributed by atoms with Crippen LogP contribution in [-0.2, 0) is 0 Å². The number of aromatic nitrogens is 1. The summed E-state index contributed by atoms with van der Waals surface area (Å²) in [7, 11) is 2.97. The van der Waals surface area contributed by atoms with Gasteiger partial charge in [0.05, 0.1) is 30.5 Å². The molecular formula is C19H16ClFN2O3S. The van der Waals surface area contributed by atoms with Gasteiger partial charge in [0.2, 0.25) is 0 Å². The molecule has 0 spiro atoms. The van der Waals surface area contributed by atoms with E-state index in [9.17, 15) is 9.18 Å². The molecule has 3 rings (SSSR count). The molecular weight excluding hydrogens is 391 g/mol. The third kappa shape index (κ3) is 3.89. The number of carbonyl (C=O) groups excluding carboxylic acids is 1. The van der Waals surface area contributed by atoms with Gasteiger partial charge in [-0.2, -0.15) is 0 Å². The van der Waals surface area contributed by atoms with Crippen LogP contribution in [-0.4, -0.2) is 25.1 Å². The molecule has 0 saturated heterocycles. The van der Waals surface area contributed by atoms with Crippen molar-refractivity contribution in [1.29, 1.82) is 0 Å². The van der Waals surface area contributed by atoms with E-state index < -0.39 is 5.82 Å². The van der Waals surface area contributed by atoms with Crippen molar-refractivity contribution in [3.05, 3.63) is 57.8 Å². The molecule has 1 aromatic heterocycles. The Morgan fingerprint density at radius 2 is 1.93 bits per heavy atom. The molecule has 0 aliphatic carbocycles. The Morgan fingerprint density at radius 3 is 2.59 bits per heavy atom. The number of methoxy groups -OCH3 is 2. The summed E-state index contributed by atoms with van der Waals surface area (Å²) >= 11 is 7.18. The van der Waals surface area contributed by atoms with E-state index in [-0.39, 0.29) is 11.5 Å². The van der Waals surface area contributed by atoms with E-state index in [0.717, 1.165) is 11.3 Å². The first-order valence-corrected chi connectivity index (χ1v) is 9.09. The molecule has 0 saturated carbocycles. The Hall–Kier alpha value is -2.64. The average Bonchev–Trinajstić information content (AvgIpc) is 3.03. The predicted molar refractivity (Wildman–Crippen MR) is 105 cm³/mol. The van der Waals surface area contributed by atoms with E-state index in [2.05, 4.69) is 10.3 Å². The van der Waals surface area contributed by atoms with Crippen LogP contribution in [0.15, 0.2) is 36.4 Å². The fourth-order valence-corrected chi connectivity index (χ4v) is 3.80. The van der Waals surface area contributed by atoms with Crippen LogP contribution in [0.25, 0.3) is 10.6 Å². The molecule has 0 radical (unpaired) electrons. The number of thiazole rings is 1. The van der Waals surface area contributed by atoms with Gasteiger partial charge >= 0.3 is 0 Å². The summed E-state index contributed by atoms with van der Waals surface area (Å²) in [5.41, 5.74) is 1.25. The molecule has 1 amide bonds. The quantitative estimate of drug-likeness (QED) is 0.634. The lowest BCUT2D eigenvalue weighted by atomic mass is 10.2. The summed E-state index contributed by atoms with van der Waals surface area (Å²) < 4.78 is 24.6. The van der Waals surface area contributed by atoms with E-state index in [1.165, 1.54) is 20.3 Å². The van der Waals surface area contributed by atoms with Crippen LogP contribution < -0.4 is 14.8 Å². The molecule has 0 aliphatic rings. The van der Waals surface area contributed by atoms with E-state index in [0.29, 0.717) is 37.8 Å². The minimum absolute atomic E-state index is 0.236. The first kappa shape index (κ1) is 19.1. The summed E-state index contributed by atoms with van der Waals surface area (Å²) in [6.07, 6.45) is 0. The number of nitrogens with one attached hydrogen (secondary N) is 1. The number of hydrogen-bond acceptors (Lipinski definition) is 5. The van der Waals surface area contributed by atoms with Gasteiger partial charge in [-0.1, -0.05) is 17.7 Å². The summed E-state index contributed by atoms with van der Waals surface area (Å²) in [6.45, 7) is 1.70. The highest BCUT2D eigenvalue weighted by atomic mass is 35.5. The lowest BCUT2D eigenvalue weighted by molar-refractivity contribution is 0.103. The Bertz CT molecular complexity index is 1010. The van der Waals surface area contributed by atoms with Crippen molar-refractivity contribution in [3.8, 4) is 22.1 Å². The normalized spacial score (nSPS) is 10.6. The standard InChI is InChI=1S/C19H16ClFN2O3S/c1-10-17(18(24)23-11-7-8-14(25-2)12(20)9-11)27-19(22-10)16-13(21)5-4-6-15(16)26-3/h4-9H,1-3H3,(H,23,24). The fraction of sp³-hybridized carbons (Fsp3) is 0.158. The topological polar surface area (TPSA) is 60.5 Å². The highest BCUT2D eigenvalue weighted by molar-refractivity contribution is 7.17. The van der Waals surface area contributed by atoms with Crippen molar-refractivity contribution in [2.75, 3.05) is 19.5 Å². The zero-order chi connectivity index (χ0) is 19.6. The lowest BCUT2D eigenvalue weighted by Gasteiger charge is -2.07. The van der Waals surface area contributed by atoms with Crippen LogP contribution in [0.5, 0.6) is 11.5 Å². The zero-order valence-electron chi connectivity index (χ0n) is 14.8. The third-order valence-corrected chi connectivity index (χ3v) is 5.29. The highest BCUT2D eigenvalue weighted by Crippen LogP contribution is 2.36. The molecule has 1 heterocycles. The van der Waals surface area contributed by atoms with Crippen LogP contribution in [0.2, 0.25) is 5.02 Å². The van der Waals surface area contributed by atoms with Gasteiger partial charge in [0.1, 0.15) is 27.2 Å². The number of amides is 1. The maximum Gasteiger partial charge on any atom is 0.267 e. The number of rotatable bonds is 5. The van der Waals surface area contributed by atoms with Gasteiger partial charge in [0.15, 0.2) is 0 Å². The molecule has 3 aromatic rings. The van der Waals surface area contributed by atoms with Crippen molar-refractivity contribution in [2.24, 2.45) is 0 Å². The molecule has 0 atom stereocenters. The monoisotopic (exact) mass is 406 g/mol. The Kier molecular flexibility index (Phi) is 5.62. The average molecular weight is 407 g/mol. The minimum Gasteiger partial charge on any atom is -0.496 e. The number of aryl methyl sites for hydroxylation is 1. The van der Waals surface area contributed by atoms with Crippen LogP contribution in [0.1, 0.15) is 15.4 Å². The second-order valence-electron chi connectivity index (χ2n) is 5.55. The molecule has 8 heteroatoms. The second kappa shape index (κ2) is 7.94. The number of ether oxygens (including phenoxy) is 2. The molecule has 5 nitrogen and oxygen atoms in total. The summed E-state index contributed by atoms with van der Waals surface area (Å²) in [4.78, 5) is 17.4. The molecule has 140 valence electrons. The highest BCUT2D eigenvalue weighted by Gasteiger charge is 2.21. The van der Waals surface area contributed by atoms with Gasteiger partial charge < -0.3 is 14.8 Å². The number of halogens is 2. The van der Waals surface area contributed by atoms with Crippen molar-refractivity contribution in [1.82, 2.24) is 4.98 Å². The second-order valence-corrected chi connectivity index (χ2v) is 6.96.